The van der Waals surface area contributed by atoms with Crippen LogP contribution >= 0.6 is 0 Å². The van der Waals surface area contributed by atoms with Crippen molar-refractivity contribution >= 4 is 5.97 Å². The first-order valence-corrected chi connectivity index (χ1v) is 5.59. The molecule has 0 atom stereocenters. The molecule has 0 aromatic rings. The van der Waals surface area contributed by atoms with Crippen molar-refractivity contribution in [2.75, 3.05) is 32.8 Å². The van der Waals surface area contributed by atoms with Gasteiger partial charge in [0.25, 0.3) is 0 Å². The van der Waals surface area contributed by atoms with E-state index in [2.05, 4.69) is 0 Å². The molecule has 4 heteroatoms. The molecule has 0 bridgehead atoms. The van der Waals surface area contributed by atoms with Crippen LogP contribution in [0.3, 0.4) is 0 Å². The third-order valence-corrected chi connectivity index (χ3v) is 1.92. The fraction of sp³-hybridized carbons (Fsp3) is 0.909. The third-order valence-electron chi connectivity index (χ3n) is 1.92. The fourth-order valence-electron chi connectivity index (χ4n) is 1.17. The molecule has 0 unspecified atom stereocenters. The normalized spacial score (nSPS) is 11.1. The Morgan fingerprint density at radius 3 is 2.47 bits per heavy atom. The number of carbonyl (C=O) groups is 1. The van der Waals surface area contributed by atoms with E-state index in [1.165, 1.54) is 0 Å². The van der Waals surface area contributed by atoms with Gasteiger partial charge in [0.15, 0.2) is 0 Å². The molecule has 0 rings (SSSR count). The smallest absolute Gasteiger partial charge is 0.320 e. The summed E-state index contributed by atoms with van der Waals surface area (Å²) >= 11 is 0. The van der Waals surface area contributed by atoms with E-state index in [4.69, 9.17) is 9.47 Å². The van der Waals surface area contributed by atoms with Crippen molar-refractivity contribution in [1.29, 1.82) is 0 Å². The summed E-state index contributed by atoms with van der Waals surface area (Å²) in [5.41, 5.74) is 0. The van der Waals surface area contributed by atoms with E-state index in [1.54, 1.807) is 0 Å². The van der Waals surface area contributed by atoms with E-state index < -0.39 is 0 Å². The van der Waals surface area contributed by atoms with Gasteiger partial charge in [-0.05, 0) is 27.3 Å². The van der Waals surface area contributed by atoms with Gasteiger partial charge in [-0.25, -0.2) is 0 Å². The molecule has 0 heterocycles. The Bertz CT molecular complexity index is 171. The fourth-order valence-corrected chi connectivity index (χ4v) is 1.17. The Hall–Kier alpha value is -0.610. The van der Waals surface area contributed by atoms with Crippen LogP contribution in [0.25, 0.3) is 0 Å². The highest BCUT2D eigenvalue weighted by atomic mass is 16.5. The van der Waals surface area contributed by atoms with E-state index in [1.807, 2.05) is 32.6 Å². The van der Waals surface area contributed by atoms with Crippen LogP contribution in [0.4, 0.5) is 0 Å². The average Bonchev–Trinajstić information content (AvgIpc) is 2.15. The maximum atomic E-state index is 11.4. The molecule has 0 saturated heterocycles. The summed E-state index contributed by atoms with van der Waals surface area (Å²) in [6.45, 7) is 11.0. The van der Waals surface area contributed by atoms with Gasteiger partial charge < -0.3 is 9.47 Å². The van der Waals surface area contributed by atoms with Gasteiger partial charge in [0.2, 0.25) is 0 Å². The van der Waals surface area contributed by atoms with E-state index in [-0.39, 0.29) is 12.1 Å². The largest absolute Gasteiger partial charge is 0.462 e. The molecule has 0 fully saturated rings. The summed E-state index contributed by atoms with van der Waals surface area (Å²) in [5, 5.41) is 0. The predicted octanol–water partition coefficient (Wildman–Crippen LogP) is 1.30. The molecule has 0 saturated carbocycles. The van der Waals surface area contributed by atoms with Crippen LogP contribution in [0.5, 0.6) is 0 Å². The first-order valence-electron chi connectivity index (χ1n) is 5.59. The van der Waals surface area contributed by atoms with Crippen LogP contribution in [0.2, 0.25) is 0 Å². The number of likely N-dealkylation sites (N-methyl/N-ethyl adjacent to an activating group) is 1. The summed E-state index contributed by atoms with van der Waals surface area (Å²) in [6, 6.07) is 0. The van der Waals surface area contributed by atoms with Crippen LogP contribution in [0.1, 0.15) is 27.7 Å². The van der Waals surface area contributed by atoms with Gasteiger partial charge >= 0.3 is 5.97 Å². The lowest BCUT2D eigenvalue weighted by atomic mass is 10.4. The van der Waals surface area contributed by atoms with Gasteiger partial charge in [-0.15, -0.1) is 0 Å². The van der Waals surface area contributed by atoms with Crippen molar-refractivity contribution in [2.45, 2.75) is 33.8 Å². The van der Waals surface area contributed by atoms with Gasteiger partial charge in [-0.1, -0.05) is 6.92 Å². The molecule has 0 aliphatic carbocycles. The van der Waals surface area contributed by atoms with Gasteiger partial charge in [0, 0.05) is 13.2 Å². The number of nitrogens with zero attached hydrogens (tertiary/aromatic N) is 1. The number of hydrogen-bond acceptors (Lipinski definition) is 4. The van der Waals surface area contributed by atoms with Gasteiger partial charge in [0.05, 0.1) is 19.3 Å². The summed E-state index contributed by atoms with van der Waals surface area (Å²) in [6.07, 6.45) is -0.0388. The molecule has 0 aromatic heterocycles. The zero-order valence-corrected chi connectivity index (χ0v) is 10.3. The minimum absolute atomic E-state index is 0.0388. The second kappa shape index (κ2) is 8.68. The second-order valence-corrected chi connectivity index (χ2v) is 3.60. The minimum atomic E-state index is -0.164. The van der Waals surface area contributed by atoms with Crippen LogP contribution in [-0.4, -0.2) is 49.8 Å². The number of esters is 1. The van der Waals surface area contributed by atoms with Gasteiger partial charge in [-0.3, -0.25) is 9.69 Å². The van der Waals surface area contributed by atoms with Crippen molar-refractivity contribution in [1.82, 2.24) is 4.90 Å². The number of rotatable bonds is 8. The van der Waals surface area contributed by atoms with E-state index >= 15 is 0 Å². The van der Waals surface area contributed by atoms with E-state index in [0.29, 0.717) is 19.8 Å². The highest BCUT2D eigenvalue weighted by molar-refractivity contribution is 5.71. The number of hydrogen-bond donors (Lipinski definition) is 0. The quantitative estimate of drug-likeness (QED) is 0.454. The van der Waals surface area contributed by atoms with Gasteiger partial charge in [0.1, 0.15) is 0 Å². The number of carbonyl (C=O) groups excluding carboxylic acids is 1. The Kier molecular flexibility index (Phi) is 8.33. The van der Waals surface area contributed by atoms with Crippen molar-refractivity contribution in [2.24, 2.45) is 0 Å². The second-order valence-electron chi connectivity index (χ2n) is 3.60. The van der Waals surface area contributed by atoms with E-state index in [0.717, 1.165) is 13.1 Å². The topological polar surface area (TPSA) is 38.8 Å². The molecule has 0 aromatic carbocycles. The summed E-state index contributed by atoms with van der Waals surface area (Å²) in [5.74, 6) is -0.164. The Morgan fingerprint density at radius 2 is 2.00 bits per heavy atom. The lowest BCUT2D eigenvalue weighted by Crippen LogP contribution is -2.34. The monoisotopic (exact) mass is 217 g/mol. The lowest BCUT2D eigenvalue weighted by molar-refractivity contribution is -0.148. The van der Waals surface area contributed by atoms with Crippen molar-refractivity contribution < 1.29 is 14.3 Å². The molecular formula is C11H23NO3. The first-order chi connectivity index (χ1) is 7.10. The Balaban J connectivity index is 3.72. The third kappa shape index (κ3) is 8.39. The van der Waals surface area contributed by atoms with E-state index in [9.17, 15) is 4.79 Å². The van der Waals surface area contributed by atoms with Gasteiger partial charge in [-0.2, -0.15) is 0 Å². The highest BCUT2D eigenvalue weighted by Crippen LogP contribution is 1.94. The maximum absolute atomic E-state index is 11.4. The van der Waals surface area contributed by atoms with Crippen LogP contribution in [0.15, 0.2) is 0 Å². The molecule has 0 spiro atoms. The zero-order valence-electron chi connectivity index (χ0n) is 10.3. The highest BCUT2D eigenvalue weighted by Gasteiger charge is 2.10. The van der Waals surface area contributed by atoms with Crippen molar-refractivity contribution in [3.05, 3.63) is 0 Å². The summed E-state index contributed by atoms with van der Waals surface area (Å²) < 4.78 is 10.3. The molecule has 90 valence electrons. The molecule has 0 amide bonds. The van der Waals surface area contributed by atoms with Crippen LogP contribution in [-0.2, 0) is 14.3 Å². The predicted molar refractivity (Wildman–Crippen MR) is 59.8 cm³/mol. The van der Waals surface area contributed by atoms with Crippen LogP contribution < -0.4 is 0 Å². The molecular weight excluding hydrogens is 194 g/mol. The first kappa shape index (κ1) is 14.4. The Labute approximate surface area is 92.5 Å². The summed E-state index contributed by atoms with van der Waals surface area (Å²) in [7, 11) is 0. The molecule has 0 aliphatic rings. The molecule has 15 heavy (non-hydrogen) atoms. The van der Waals surface area contributed by atoms with Crippen molar-refractivity contribution in [3.63, 3.8) is 0 Å². The minimum Gasteiger partial charge on any atom is -0.462 e. The van der Waals surface area contributed by atoms with Crippen molar-refractivity contribution in [3.8, 4) is 0 Å². The molecule has 4 nitrogen and oxygen atoms in total. The number of ether oxygens (including phenoxy) is 2. The average molecular weight is 217 g/mol. The molecule has 0 radical (unpaired) electrons. The zero-order chi connectivity index (χ0) is 11.7. The lowest BCUT2D eigenvalue weighted by Gasteiger charge is -2.19. The van der Waals surface area contributed by atoms with Crippen LogP contribution in [0, 0.1) is 0 Å². The molecule has 0 N–H and O–H groups in total. The maximum Gasteiger partial charge on any atom is 0.320 e. The molecule has 0 aliphatic heterocycles. The SMILES string of the molecule is CCOCCN(CC)CC(=O)OC(C)C. The standard InChI is InChI=1S/C11H23NO3/c1-5-12(7-8-14-6-2)9-11(13)15-10(3)4/h10H,5-9H2,1-4H3. The Morgan fingerprint density at radius 1 is 1.33 bits per heavy atom. The summed E-state index contributed by atoms with van der Waals surface area (Å²) in [4.78, 5) is 13.4.